The minimum absolute atomic E-state index is 0.186. The normalized spacial score (nSPS) is 16.6. The molecule has 24 heavy (non-hydrogen) atoms. The Bertz CT molecular complexity index is 798. The van der Waals surface area contributed by atoms with E-state index in [9.17, 15) is 13.2 Å². The van der Waals surface area contributed by atoms with Crippen molar-refractivity contribution in [1.82, 2.24) is 9.62 Å². The third kappa shape index (κ3) is 3.24. The van der Waals surface area contributed by atoms with Gasteiger partial charge >= 0.3 is 0 Å². The van der Waals surface area contributed by atoms with E-state index in [1.54, 1.807) is 17.5 Å². The van der Waals surface area contributed by atoms with Crippen LogP contribution in [0.2, 0.25) is 0 Å². The van der Waals surface area contributed by atoms with Crippen LogP contribution in [0.25, 0.3) is 0 Å². The van der Waals surface area contributed by atoms with Gasteiger partial charge in [0.25, 0.3) is 10.0 Å². The van der Waals surface area contributed by atoms with Crippen molar-refractivity contribution in [2.45, 2.75) is 29.0 Å². The number of likely N-dealkylation sites (N-methyl/N-ethyl adjacent to an activating group) is 1. The first-order valence-electron chi connectivity index (χ1n) is 7.80. The van der Waals surface area contributed by atoms with Gasteiger partial charge in [0.05, 0.1) is 12.1 Å². The van der Waals surface area contributed by atoms with Crippen LogP contribution in [-0.4, -0.2) is 32.2 Å². The highest BCUT2D eigenvalue weighted by Crippen LogP contribution is 2.41. The summed E-state index contributed by atoms with van der Waals surface area (Å²) in [5.41, 5.74) is 0.722. The first kappa shape index (κ1) is 17.1. The largest absolute Gasteiger partial charge is 0.345 e. The molecule has 1 aromatic carbocycles. The van der Waals surface area contributed by atoms with Crippen LogP contribution in [0.5, 0.6) is 0 Å². The number of sulfonamides is 1. The molecule has 1 aliphatic rings. The predicted octanol–water partition coefficient (Wildman–Crippen LogP) is 2.56. The van der Waals surface area contributed by atoms with Crippen LogP contribution in [-0.2, 0) is 20.4 Å². The molecule has 1 heterocycles. The molecule has 7 heteroatoms. The Morgan fingerprint density at radius 2 is 1.92 bits per heavy atom. The number of carbonyl (C=O) groups excluding carboxylic acids is 1. The van der Waals surface area contributed by atoms with Gasteiger partial charge in [-0.3, -0.25) is 4.79 Å². The molecule has 0 aliphatic heterocycles. The summed E-state index contributed by atoms with van der Waals surface area (Å²) in [7, 11) is -2.17. The fourth-order valence-corrected chi connectivity index (χ4v) is 5.26. The molecular weight excluding hydrogens is 344 g/mol. The van der Waals surface area contributed by atoms with E-state index >= 15 is 0 Å². The van der Waals surface area contributed by atoms with Gasteiger partial charge < -0.3 is 5.32 Å². The lowest BCUT2D eigenvalue weighted by atomic mass is 9.72. The Hall–Kier alpha value is -1.70. The number of benzene rings is 1. The predicted molar refractivity (Wildman–Crippen MR) is 94.2 cm³/mol. The zero-order chi connectivity index (χ0) is 17.2. The van der Waals surface area contributed by atoms with Gasteiger partial charge in [0.15, 0.2) is 0 Å². The average molecular weight is 364 g/mol. The average Bonchev–Trinajstić information content (AvgIpc) is 3.07. The highest BCUT2D eigenvalue weighted by molar-refractivity contribution is 7.91. The first-order valence-corrected chi connectivity index (χ1v) is 10.1. The highest BCUT2D eigenvalue weighted by atomic mass is 32.2. The third-order valence-electron chi connectivity index (χ3n) is 4.44. The topological polar surface area (TPSA) is 66.5 Å². The van der Waals surface area contributed by atoms with Crippen LogP contribution in [0.4, 0.5) is 0 Å². The second-order valence-corrected chi connectivity index (χ2v) is 9.26. The van der Waals surface area contributed by atoms with E-state index < -0.39 is 10.0 Å². The number of nitrogens with one attached hydrogen (secondary N) is 1. The van der Waals surface area contributed by atoms with Crippen molar-refractivity contribution in [2.24, 2.45) is 0 Å². The van der Waals surface area contributed by atoms with Crippen LogP contribution >= 0.6 is 11.3 Å². The molecule has 0 unspecified atom stereocenters. The molecule has 1 saturated carbocycles. The summed E-state index contributed by atoms with van der Waals surface area (Å²) >= 11 is 1.15. The van der Waals surface area contributed by atoms with Crippen molar-refractivity contribution in [3.05, 3.63) is 53.4 Å². The van der Waals surface area contributed by atoms with Crippen molar-refractivity contribution in [1.29, 1.82) is 0 Å². The summed E-state index contributed by atoms with van der Waals surface area (Å²) in [5.74, 6) is -0.277. The lowest BCUT2D eigenvalue weighted by Gasteiger charge is -2.43. The van der Waals surface area contributed by atoms with E-state index in [-0.39, 0.29) is 22.2 Å². The van der Waals surface area contributed by atoms with Crippen LogP contribution in [0, 0.1) is 0 Å². The minimum Gasteiger partial charge on any atom is -0.345 e. The SMILES string of the molecule is CN(CC(=O)NC1(c2ccccc2)CCC1)S(=O)(=O)c1cccs1. The van der Waals surface area contributed by atoms with E-state index in [4.69, 9.17) is 0 Å². The van der Waals surface area contributed by atoms with Gasteiger partial charge in [-0.05, 0) is 36.3 Å². The summed E-state index contributed by atoms with van der Waals surface area (Å²) in [6.45, 7) is -0.186. The number of rotatable bonds is 6. The molecule has 0 bridgehead atoms. The Kier molecular flexibility index (Phi) is 4.76. The maximum absolute atomic E-state index is 12.4. The lowest BCUT2D eigenvalue weighted by Crippen LogP contribution is -2.53. The summed E-state index contributed by atoms with van der Waals surface area (Å²) in [5, 5.41) is 4.76. The highest BCUT2D eigenvalue weighted by Gasteiger charge is 2.40. The molecule has 0 atom stereocenters. The molecular formula is C17H20N2O3S2. The van der Waals surface area contributed by atoms with Gasteiger partial charge in [0.1, 0.15) is 4.21 Å². The van der Waals surface area contributed by atoms with Crippen LogP contribution in [0.15, 0.2) is 52.1 Å². The zero-order valence-electron chi connectivity index (χ0n) is 13.4. The molecule has 0 saturated heterocycles. The van der Waals surface area contributed by atoms with Crippen molar-refractivity contribution >= 4 is 27.3 Å². The Labute approximate surface area is 146 Å². The van der Waals surface area contributed by atoms with Gasteiger partial charge in [-0.1, -0.05) is 36.4 Å². The summed E-state index contributed by atoms with van der Waals surface area (Å²) in [6.07, 6.45) is 2.81. The van der Waals surface area contributed by atoms with Gasteiger partial charge in [-0.15, -0.1) is 11.3 Å². The Balaban J connectivity index is 1.69. The van der Waals surface area contributed by atoms with E-state index in [2.05, 4.69) is 5.32 Å². The molecule has 3 rings (SSSR count). The number of amides is 1. The summed E-state index contributed by atoms with van der Waals surface area (Å²) < 4.78 is 26.2. The first-order chi connectivity index (χ1) is 11.4. The van der Waals surface area contributed by atoms with Gasteiger partial charge in [-0.25, -0.2) is 8.42 Å². The number of carbonyl (C=O) groups is 1. The molecule has 1 aliphatic carbocycles. The maximum atomic E-state index is 12.4. The number of nitrogens with zero attached hydrogens (tertiary/aromatic N) is 1. The van der Waals surface area contributed by atoms with Gasteiger partial charge in [0, 0.05) is 7.05 Å². The van der Waals surface area contributed by atoms with E-state index in [1.165, 1.54) is 7.05 Å². The van der Waals surface area contributed by atoms with E-state index in [0.29, 0.717) is 0 Å². The van der Waals surface area contributed by atoms with Crippen LogP contribution < -0.4 is 5.32 Å². The molecule has 1 amide bonds. The standard InChI is InChI=1S/C17H20N2O3S2/c1-19(24(21,22)16-9-5-12-23-16)13-15(20)18-17(10-6-11-17)14-7-3-2-4-8-14/h2-5,7-9,12H,6,10-11,13H2,1H3,(H,18,20). The second-order valence-electron chi connectivity index (χ2n) is 6.04. The zero-order valence-corrected chi connectivity index (χ0v) is 15.1. The third-order valence-corrected chi connectivity index (χ3v) is 7.61. The number of thiophene rings is 1. The maximum Gasteiger partial charge on any atom is 0.252 e. The van der Waals surface area contributed by atoms with Crippen molar-refractivity contribution in [3.8, 4) is 0 Å². The van der Waals surface area contributed by atoms with Crippen LogP contribution in [0.1, 0.15) is 24.8 Å². The molecule has 1 N–H and O–H groups in total. The molecule has 1 aromatic heterocycles. The number of hydrogen-bond acceptors (Lipinski definition) is 4. The minimum atomic E-state index is -3.61. The van der Waals surface area contributed by atoms with Crippen molar-refractivity contribution < 1.29 is 13.2 Å². The quantitative estimate of drug-likeness (QED) is 0.857. The smallest absolute Gasteiger partial charge is 0.252 e. The van der Waals surface area contributed by atoms with Gasteiger partial charge in [0.2, 0.25) is 5.91 Å². The lowest BCUT2D eigenvalue weighted by molar-refractivity contribution is -0.124. The van der Waals surface area contributed by atoms with E-state index in [1.807, 2.05) is 30.3 Å². The molecule has 5 nitrogen and oxygen atoms in total. The molecule has 128 valence electrons. The van der Waals surface area contributed by atoms with Crippen molar-refractivity contribution in [2.75, 3.05) is 13.6 Å². The fraction of sp³-hybridized carbons (Fsp3) is 0.353. The van der Waals surface area contributed by atoms with Crippen LogP contribution in [0.3, 0.4) is 0 Å². The summed E-state index contributed by atoms with van der Waals surface area (Å²) in [4.78, 5) is 12.4. The molecule has 0 spiro atoms. The molecule has 0 radical (unpaired) electrons. The van der Waals surface area contributed by atoms with Gasteiger partial charge in [-0.2, -0.15) is 4.31 Å². The fourth-order valence-electron chi connectivity index (χ4n) is 2.93. The molecule has 2 aromatic rings. The summed E-state index contributed by atoms with van der Waals surface area (Å²) in [6, 6.07) is 13.1. The van der Waals surface area contributed by atoms with Crippen molar-refractivity contribution in [3.63, 3.8) is 0 Å². The Morgan fingerprint density at radius 3 is 2.46 bits per heavy atom. The number of hydrogen-bond donors (Lipinski definition) is 1. The molecule has 1 fully saturated rings. The second kappa shape index (κ2) is 6.66. The Morgan fingerprint density at radius 1 is 1.21 bits per heavy atom. The van der Waals surface area contributed by atoms with E-state index in [0.717, 1.165) is 40.5 Å². The monoisotopic (exact) mass is 364 g/mol.